The molecule has 0 unspecified atom stereocenters. The summed E-state index contributed by atoms with van der Waals surface area (Å²) in [7, 11) is 1.71. The van der Waals surface area contributed by atoms with Gasteiger partial charge >= 0.3 is 12.1 Å². The average Bonchev–Trinajstić information content (AvgIpc) is 3.80. The third kappa shape index (κ3) is 10.2. The highest BCUT2D eigenvalue weighted by molar-refractivity contribution is 5.95. The number of esters is 1. The first kappa shape index (κ1) is 35.8. The van der Waals surface area contributed by atoms with Gasteiger partial charge in [-0.1, -0.05) is 43.7 Å². The first-order valence-corrected chi connectivity index (χ1v) is 15.8. The number of fused-ring (bicyclic) bond motifs is 3. The number of Topliss-reactive ketones (excluding diaryl/α,β-unsaturated/α-hetero) is 1. The van der Waals surface area contributed by atoms with Crippen molar-refractivity contribution in [2.45, 2.75) is 64.7 Å². The number of anilines is 1. The Morgan fingerprint density at radius 3 is 2.79 bits per heavy atom. The van der Waals surface area contributed by atoms with Gasteiger partial charge in [0.1, 0.15) is 24.2 Å². The fourth-order valence-electron chi connectivity index (χ4n) is 5.47. The first-order valence-electron chi connectivity index (χ1n) is 15.8. The van der Waals surface area contributed by atoms with Crippen molar-refractivity contribution in [1.82, 2.24) is 25.0 Å². The van der Waals surface area contributed by atoms with Crippen LogP contribution in [-0.4, -0.2) is 92.4 Å². The Morgan fingerprint density at radius 1 is 1.25 bits per heavy atom. The lowest BCUT2D eigenvalue weighted by Gasteiger charge is -2.30. The number of oxazole rings is 1. The predicted molar refractivity (Wildman–Crippen MR) is 171 cm³/mol. The van der Waals surface area contributed by atoms with E-state index in [1.807, 2.05) is 0 Å². The first-order chi connectivity index (χ1) is 22.9. The summed E-state index contributed by atoms with van der Waals surface area (Å²) in [5.74, 6) is -2.63. The number of ether oxygens (including phenoxy) is 2. The number of nitrogens with zero attached hydrogens (tertiary/aromatic N) is 4. The summed E-state index contributed by atoms with van der Waals surface area (Å²) in [6.45, 7) is 5.61. The summed E-state index contributed by atoms with van der Waals surface area (Å²) in [6, 6.07) is 0.691. The quantitative estimate of drug-likeness (QED) is 0.406. The molecular formula is C33H42N6O9. The zero-order valence-corrected chi connectivity index (χ0v) is 27.5. The van der Waals surface area contributed by atoms with Crippen LogP contribution >= 0.6 is 0 Å². The lowest BCUT2D eigenvalue weighted by molar-refractivity contribution is -0.159. The number of aliphatic hydroxyl groups is 1. The van der Waals surface area contributed by atoms with Gasteiger partial charge in [0.15, 0.2) is 11.5 Å². The summed E-state index contributed by atoms with van der Waals surface area (Å²) < 4.78 is 18.3. The fourth-order valence-corrected chi connectivity index (χ4v) is 5.47. The molecule has 0 aliphatic carbocycles. The van der Waals surface area contributed by atoms with E-state index in [9.17, 15) is 29.1 Å². The molecule has 0 saturated carbocycles. The molecule has 15 heteroatoms. The van der Waals surface area contributed by atoms with E-state index in [1.54, 1.807) is 58.3 Å². The number of aliphatic hydroxyl groups excluding tert-OH is 1. The van der Waals surface area contributed by atoms with Crippen molar-refractivity contribution >= 4 is 35.5 Å². The van der Waals surface area contributed by atoms with E-state index in [-0.39, 0.29) is 55.8 Å². The lowest BCUT2D eigenvalue weighted by Crippen LogP contribution is -2.44. The largest absolute Gasteiger partial charge is 0.460 e. The van der Waals surface area contributed by atoms with Gasteiger partial charge in [-0.15, -0.1) is 0 Å². The zero-order chi connectivity index (χ0) is 34.8. The number of nitrogens with one attached hydrogen (secondary N) is 2. The number of rotatable bonds is 4. The molecule has 48 heavy (non-hydrogen) atoms. The minimum atomic E-state index is -1.05. The molecule has 4 heterocycles. The molecule has 2 aromatic heterocycles. The Balaban J connectivity index is 1.54. The van der Waals surface area contributed by atoms with Crippen LogP contribution in [0.15, 0.2) is 58.9 Å². The SMILES string of the molecule is CC1=C[C@@H](O)CC(=O)Cc2nc(co2)C(=O)N2CCC[C@@H]2C(=O)O[C@H]([C@@H](C)COC(=O)Nc2ccn(C)n2)[C@H](C)/C=C/C(=O)NCC=C1. The third-order valence-electron chi connectivity index (χ3n) is 7.88. The molecule has 0 spiro atoms. The number of aromatic nitrogens is 3. The van der Waals surface area contributed by atoms with Gasteiger partial charge in [-0.05, 0) is 25.8 Å². The molecule has 2 aliphatic rings. The van der Waals surface area contributed by atoms with Gasteiger partial charge in [-0.3, -0.25) is 24.4 Å². The van der Waals surface area contributed by atoms with E-state index in [2.05, 4.69) is 20.7 Å². The highest BCUT2D eigenvalue weighted by Gasteiger charge is 2.39. The number of hydrogen-bond acceptors (Lipinski definition) is 11. The normalized spacial score (nSPS) is 24.6. The Bertz CT molecular complexity index is 1570. The van der Waals surface area contributed by atoms with Crippen LogP contribution in [0.1, 0.15) is 56.4 Å². The molecule has 258 valence electrons. The Morgan fingerprint density at radius 2 is 2.04 bits per heavy atom. The number of ketones is 1. The smallest absolute Gasteiger partial charge is 0.412 e. The van der Waals surface area contributed by atoms with Crippen molar-refractivity contribution in [2.24, 2.45) is 18.9 Å². The third-order valence-corrected chi connectivity index (χ3v) is 7.88. The molecule has 3 amide bonds. The van der Waals surface area contributed by atoms with Gasteiger partial charge in [0.2, 0.25) is 11.8 Å². The number of cyclic esters (lactones) is 1. The van der Waals surface area contributed by atoms with E-state index in [1.165, 1.54) is 21.7 Å². The van der Waals surface area contributed by atoms with Crippen molar-refractivity contribution in [3.63, 3.8) is 0 Å². The molecule has 5 atom stereocenters. The van der Waals surface area contributed by atoms with Crippen LogP contribution in [0.2, 0.25) is 0 Å². The summed E-state index contributed by atoms with van der Waals surface area (Å²) in [5.41, 5.74) is 0.628. The van der Waals surface area contributed by atoms with Gasteiger partial charge in [0.25, 0.3) is 5.91 Å². The van der Waals surface area contributed by atoms with Gasteiger partial charge in [-0.2, -0.15) is 5.10 Å². The number of carbonyl (C=O) groups is 5. The number of amides is 3. The number of carbonyl (C=O) groups excluding carboxylic acids is 5. The predicted octanol–water partition coefficient (Wildman–Crippen LogP) is 2.50. The van der Waals surface area contributed by atoms with E-state index in [0.717, 1.165) is 6.26 Å². The van der Waals surface area contributed by atoms with E-state index in [4.69, 9.17) is 13.9 Å². The molecule has 1 saturated heterocycles. The fraction of sp³-hybridized carbons (Fsp3) is 0.485. The maximum absolute atomic E-state index is 13.6. The Hall–Kier alpha value is -5.05. The second kappa shape index (κ2) is 16.7. The molecule has 0 aromatic carbocycles. The lowest BCUT2D eigenvalue weighted by atomic mass is 9.93. The van der Waals surface area contributed by atoms with Gasteiger partial charge < -0.3 is 29.2 Å². The van der Waals surface area contributed by atoms with Crippen LogP contribution in [0.25, 0.3) is 0 Å². The van der Waals surface area contributed by atoms with E-state index in [0.29, 0.717) is 24.2 Å². The molecule has 1 fully saturated rings. The summed E-state index contributed by atoms with van der Waals surface area (Å²) in [4.78, 5) is 70.1. The highest BCUT2D eigenvalue weighted by atomic mass is 16.6. The van der Waals surface area contributed by atoms with Crippen molar-refractivity contribution in [3.05, 3.63) is 66.1 Å². The average molecular weight is 667 g/mol. The van der Waals surface area contributed by atoms with Crippen LogP contribution in [0.3, 0.4) is 0 Å². The molecule has 2 aliphatic heterocycles. The van der Waals surface area contributed by atoms with Crippen LogP contribution in [0.4, 0.5) is 10.6 Å². The maximum atomic E-state index is 13.6. The summed E-state index contributed by atoms with van der Waals surface area (Å²) in [5, 5.41) is 19.7. The minimum Gasteiger partial charge on any atom is -0.460 e. The van der Waals surface area contributed by atoms with Crippen LogP contribution in [0, 0.1) is 11.8 Å². The van der Waals surface area contributed by atoms with Crippen LogP contribution in [0.5, 0.6) is 0 Å². The topological polar surface area (TPSA) is 195 Å². The number of aryl methyl sites for hydroxylation is 1. The van der Waals surface area contributed by atoms with Gasteiger partial charge in [0.05, 0.1) is 19.1 Å². The van der Waals surface area contributed by atoms with Crippen molar-refractivity contribution in [3.8, 4) is 0 Å². The van der Waals surface area contributed by atoms with Crippen LogP contribution < -0.4 is 10.6 Å². The van der Waals surface area contributed by atoms with Crippen molar-refractivity contribution < 1.29 is 43.0 Å². The summed E-state index contributed by atoms with van der Waals surface area (Å²) >= 11 is 0. The van der Waals surface area contributed by atoms with E-state index >= 15 is 0 Å². The molecule has 3 N–H and O–H groups in total. The Kier molecular flexibility index (Phi) is 12.4. The molecule has 2 aromatic rings. The van der Waals surface area contributed by atoms with E-state index < -0.39 is 48.1 Å². The number of hydrogen-bond donors (Lipinski definition) is 3. The minimum absolute atomic E-state index is 0.0187. The maximum Gasteiger partial charge on any atom is 0.412 e. The second-order valence-electron chi connectivity index (χ2n) is 12.0. The number of allylic oxidation sites excluding steroid dienone is 2. The van der Waals surface area contributed by atoms with Crippen molar-refractivity contribution in [2.75, 3.05) is 25.0 Å². The second-order valence-corrected chi connectivity index (χ2v) is 12.0. The molecule has 0 radical (unpaired) electrons. The van der Waals surface area contributed by atoms with Gasteiger partial charge in [0, 0.05) is 50.7 Å². The Labute approximate surface area is 278 Å². The zero-order valence-electron chi connectivity index (χ0n) is 27.5. The highest BCUT2D eigenvalue weighted by Crippen LogP contribution is 2.26. The van der Waals surface area contributed by atoms with Crippen LogP contribution in [-0.2, 0) is 37.3 Å². The van der Waals surface area contributed by atoms with Gasteiger partial charge in [-0.25, -0.2) is 14.6 Å². The standard InChI is InChI=1S/C33H42N6O9/c1-20-7-5-12-34-28(42)10-9-21(2)30(22(3)18-47-33(45)36-27-11-14-38(4)37-27)48-32(44)26-8-6-13-39(26)31(43)25-19-46-29(35-25)17-24(41)16-23(40)15-20/h5,7,9-11,14-15,19,21-23,26,30,40H,6,8,12-13,16-18H2,1-4H3,(H,34,42)(H,36,37,45)/b7-5?,10-9+,20-15?/t21-,22+,23-,26-,30+/m1/s1. The molecule has 2 bridgehead atoms. The molecule has 15 nitrogen and oxygen atoms in total. The monoisotopic (exact) mass is 666 g/mol. The summed E-state index contributed by atoms with van der Waals surface area (Å²) in [6.07, 6.45) is 8.52. The molecular weight excluding hydrogens is 624 g/mol. The molecule has 4 rings (SSSR count). The van der Waals surface area contributed by atoms with Crippen molar-refractivity contribution in [1.29, 1.82) is 0 Å².